The molecule has 0 radical (unpaired) electrons. The summed E-state index contributed by atoms with van der Waals surface area (Å²) in [5.74, 6) is 0. The van der Waals surface area contributed by atoms with E-state index in [1.165, 1.54) is 0 Å². The van der Waals surface area contributed by atoms with Crippen LogP contribution in [-0.2, 0) is 6.54 Å². The zero-order chi connectivity index (χ0) is 8.32. The Kier molecular flexibility index (Phi) is 2.27. The van der Waals surface area contributed by atoms with Gasteiger partial charge >= 0.3 is 0 Å². The van der Waals surface area contributed by atoms with Gasteiger partial charge in [-0.3, -0.25) is 0 Å². The van der Waals surface area contributed by atoms with Crippen molar-refractivity contribution in [3.63, 3.8) is 0 Å². The second kappa shape index (κ2) is 3.03. The van der Waals surface area contributed by atoms with Crippen LogP contribution in [0.15, 0.2) is 12.7 Å². The average molecular weight is 153 g/mol. The largest absolute Gasteiger partial charge is 0.320 e. The molecule has 3 nitrogen and oxygen atoms in total. The maximum absolute atomic E-state index is 3.74. The summed E-state index contributed by atoms with van der Waals surface area (Å²) in [5, 5.41) is 7.47. The third-order valence-electron chi connectivity index (χ3n) is 1.59. The van der Waals surface area contributed by atoms with E-state index < -0.39 is 0 Å². The van der Waals surface area contributed by atoms with E-state index in [9.17, 15) is 0 Å². The Labute approximate surface area is 67.4 Å². The molecule has 0 spiro atoms. The summed E-state index contributed by atoms with van der Waals surface area (Å²) in [6, 6.07) is 0. The summed E-state index contributed by atoms with van der Waals surface area (Å²) in [7, 11) is 0. The van der Waals surface area contributed by atoms with Gasteiger partial charge in [-0.25, -0.2) is 0 Å². The molecule has 0 unspecified atom stereocenters. The molecule has 0 N–H and O–H groups in total. The van der Waals surface area contributed by atoms with Crippen LogP contribution in [0.2, 0.25) is 0 Å². The minimum Gasteiger partial charge on any atom is -0.320 e. The lowest BCUT2D eigenvalue weighted by atomic mass is 9.92. The Bertz CT molecular complexity index is 196. The first-order valence-electron chi connectivity index (χ1n) is 3.90. The molecule has 3 heteroatoms. The smallest absolute Gasteiger partial charge is 0.119 e. The van der Waals surface area contributed by atoms with Gasteiger partial charge in [0.05, 0.1) is 0 Å². The maximum atomic E-state index is 3.74. The molecular formula is C8H15N3. The van der Waals surface area contributed by atoms with Gasteiger partial charge < -0.3 is 4.57 Å². The standard InChI is InChI=1S/C8H15N3/c1-8(2,3)4-5-11-6-9-10-7-11/h6-7H,4-5H2,1-3H3. The van der Waals surface area contributed by atoms with E-state index >= 15 is 0 Å². The van der Waals surface area contributed by atoms with Crippen LogP contribution < -0.4 is 0 Å². The van der Waals surface area contributed by atoms with Crippen LogP contribution in [0.25, 0.3) is 0 Å². The topological polar surface area (TPSA) is 30.7 Å². The summed E-state index contributed by atoms with van der Waals surface area (Å²) in [6.45, 7) is 7.71. The van der Waals surface area contributed by atoms with Crippen molar-refractivity contribution < 1.29 is 0 Å². The van der Waals surface area contributed by atoms with Crippen LogP contribution in [-0.4, -0.2) is 14.8 Å². The lowest BCUT2D eigenvalue weighted by Gasteiger charge is -2.17. The normalized spacial score (nSPS) is 11.9. The zero-order valence-electron chi connectivity index (χ0n) is 7.41. The number of hydrogen-bond donors (Lipinski definition) is 0. The van der Waals surface area contributed by atoms with Gasteiger partial charge in [-0.05, 0) is 11.8 Å². The van der Waals surface area contributed by atoms with E-state index in [1.54, 1.807) is 12.7 Å². The first kappa shape index (κ1) is 8.24. The van der Waals surface area contributed by atoms with Gasteiger partial charge in [0, 0.05) is 6.54 Å². The minimum atomic E-state index is 0.393. The third kappa shape index (κ3) is 3.16. The van der Waals surface area contributed by atoms with Gasteiger partial charge in [0.15, 0.2) is 0 Å². The fourth-order valence-corrected chi connectivity index (χ4v) is 0.802. The van der Waals surface area contributed by atoms with E-state index in [0.29, 0.717) is 5.41 Å². The number of aryl methyl sites for hydroxylation is 1. The van der Waals surface area contributed by atoms with Crippen LogP contribution in [0.1, 0.15) is 27.2 Å². The number of nitrogens with zero attached hydrogens (tertiary/aromatic N) is 3. The summed E-state index contributed by atoms with van der Waals surface area (Å²) < 4.78 is 2.01. The van der Waals surface area contributed by atoms with Crippen LogP contribution in [0.5, 0.6) is 0 Å². The van der Waals surface area contributed by atoms with Crippen molar-refractivity contribution in [1.82, 2.24) is 14.8 Å². The quantitative estimate of drug-likeness (QED) is 0.647. The SMILES string of the molecule is CC(C)(C)CCn1cnnc1. The van der Waals surface area contributed by atoms with E-state index in [4.69, 9.17) is 0 Å². The summed E-state index contributed by atoms with van der Waals surface area (Å²) in [5.41, 5.74) is 0.393. The fourth-order valence-electron chi connectivity index (χ4n) is 0.802. The predicted octanol–water partition coefficient (Wildman–Crippen LogP) is 1.71. The molecule has 1 rings (SSSR count). The second-order valence-corrected chi connectivity index (χ2v) is 4.01. The molecule has 0 aliphatic carbocycles. The first-order chi connectivity index (χ1) is 5.08. The maximum Gasteiger partial charge on any atom is 0.119 e. The minimum absolute atomic E-state index is 0.393. The lowest BCUT2D eigenvalue weighted by Crippen LogP contribution is -2.09. The Morgan fingerprint density at radius 2 is 1.73 bits per heavy atom. The summed E-state index contributed by atoms with van der Waals surface area (Å²) in [4.78, 5) is 0. The second-order valence-electron chi connectivity index (χ2n) is 4.01. The van der Waals surface area contributed by atoms with Crippen molar-refractivity contribution in [3.8, 4) is 0 Å². The molecule has 1 aromatic rings. The molecule has 0 amide bonds. The Morgan fingerprint density at radius 1 is 1.18 bits per heavy atom. The molecule has 0 fully saturated rings. The van der Waals surface area contributed by atoms with E-state index in [1.807, 2.05) is 4.57 Å². The monoisotopic (exact) mass is 153 g/mol. The average Bonchev–Trinajstić information content (AvgIpc) is 2.32. The van der Waals surface area contributed by atoms with Gasteiger partial charge in [0.1, 0.15) is 12.7 Å². The Hall–Kier alpha value is -0.860. The summed E-state index contributed by atoms with van der Waals surface area (Å²) in [6.07, 6.45) is 4.67. The predicted molar refractivity (Wildman–Crippen MR) is 44.1 cm³/mol. The van der Waals surface area contributed by atoms with Crippen LogP contribution in [0.4, 0.5) is 0 Å². The molecule has 62 valence electrons. The van der Waals surface area contributed by atoms with Crippen molar-refractivity contribution in [2.45, 2.75) is 33.7 Å². The van der Waals surface area contributed by atoms with Gasteiger partial charge in [-0.15, -0.1) is 10.2 Å². The molecule has 0 saturated carbocycles. The Balaban J connectivity index is 2.35. The van der Waals surface area contributed by atoms with Crippen molar-refractivity contribution >= 4 is 0 Å². The molecule has 0 aliphatic heterocycles. The molecule has 1 aromatic heterocycles. The fraction of sp³-hybridized carbons (Fsp3) is 0.750. The lowest BCUT2D eigenvalue weighted by molar-refractivity contribution is 0.350. The molecule has 0 aromatic carbocycles. The van der Waals surface area contributed by atoms with Crippen LogP contribution in [0.3, 0.4) is 0 Å². The van der Waals surface area contributed by atoms with Gasteiger partial charge in [-0.2, -0.15) is 0 Å². The summed E-state index contributed by atoms with van der Waals surface area (Å²) >= 11 is 0. The highest BCUT2D eigenvalue weighted by Crippen LogP contribution is 2.18. The molecule has 0 atom stereocenters. The van der Waals surface area contributed by atoms with Crippen LogP contribution in [0, 0.1) is 5.41 Å². The van der Waals surface area contributed by atoms with Crippen molar-refractivity contribution in [3.05, 3.63) is 12.7 Å². The molecular weight excluding hydrogens is 138 g/mol. The van der Waals surface area contributed by atoms with E-state index in [-0.39, 0.29) is 0 Å². The molecule has 11 heavy (non-hydrogen) atoms. The van der Waals surface area contributed by atoms with Gasteiger partial charge in [0.2, 0.25) is 0 Å². The van der Waals surface area contributed by atoms with Crippen molar-refractivity contribution in [1.29, 1.82) is 0 Å². The van der Waals surface area contributed by atoms with Gasteiger partial charge in [-0.1, -0.05) is 20.8 Å². The number of hydrogen-bond acceptors (Lipinski definition) is 2. The van der Waals surface area contributed by atoms with Crippen molar-refractivity contribution in [2.75, 3.05) is 0 Å². The molecule has 0 aliphatic rings. The highest BCUT2D eigenvalue weighted by Gasteiger charge is 2.09. The van der Waals surface area contributed by atoms with Crippen molar-refractivity contribution in [2.24, 2.45) is 5.41 Å². The van der Waals surface area contributed by atoms with E-state index in [2.05, 4.69) is 31.0 Å². The number of aromatic nitrogens is 3. The highest BCUT2D eigenvalue weighted by atomic mass is 15.2. The zero-order valence-corrected chi connectivity index (χ0v) is 7.41. The van der Waals surface area contributed by atoms with Gasteiger partial charge in [0.25, 0.3) is 0 Å². The molecule has 0 saturated heterocycles. The Morgan fingerprint density at radius 3 is 2.18 bits per heavy atom. The van der Waals surface area contributed by atoms with Crippen LogP contribution >= 0.6 is 0 Å². The molecule has 1 heterocycles. The molecule has 0 bridgehead atoms. The highest BCUT2D eigenvalue weighted by molar-refractivity contribution is 4.65. The third-order valence-corrected chi connectivity index (χ3v) is 1.59. The number of rotatable bonds is 2. The van der Waals surface area contributed by atoms with E-state index in [0.717, 1.165) is 13.0 Å². The first-order valence-corrected chi connectivity index (χ1v) is 3.90.